The molecule has 2 aromatic carbocycles. The molecule has 174 valence electrons. The van der Waals surface area contributed by atoms with E-state index < -0.39 is 0 Å². The molecule has 33 heavy (non-hydrogen) atoms. The third-order valence-electron chi connectivity index (χ3n) is 6.14. The topological polar surface area (TPSA) is 57.5 Å². The molecule has 2 N–H and O–H groups in total. The van der Waals surface area contributed by atoms with Crippen molar-refractivity contribution in [2.75, 3.05) is 19.6 Å². The van der Waals surface area contributed by atoms with Crippen molar-refractivity contribution in [3.8, 4) is 0 Å². The highest BCUT2D eigenvalue weighted by Gasteiger charge is 2.20. The van der Waals surface area contributed by atoms with Gasteiger partial charge in [-0.25, -0.2) is 9.98 Å². The monoisotopic (exact) mass is 444 g/mol. The molecule has 1 saturated heterocycles. The average molecular weight is 445 g/mol. The van der Waals surface area contributed by atoms with E-state index in [1.165, 1.54) is 16.7 Å². The van der Waals surface area contributed by atoms with Crippen LogP contribution in [0.25, 0.3) is 0 Å². The van der Waals surface area contributed by atoms with E-state index in [9.17, 15) is 0 Å². The predicted octanol–water partition coefficient (Wildman–Crippen LogP) is 3.96. The third kappa shape index (κ3) is 6.93. The van der Waals surface area contributed by atoms with Gasteiger partial charge in [-0.05, 0) is 37.8 Å². The molecule has 0 saturated carbocycles. The van der Waals surface area contributed by atoms with Gasteiger partial charge in [0.25, 0.3) is 0 Å². The number of likely N-dealkylation sites (tertiary alicyclic amines) is 1. The fourth-order valence-corrected chi connectivity index (χ4v) is 4.38. The maximum absolute atomic E-state index is 4.85. The van der Waals surface area contributed by atoms with Crippen molar-refractivity contribution >= 4 is 5.96 Å². The molecule has 1 fully saturated rings. The molecule has 2 heterocycles. The van der Waals surface area contributed by atoms with E-state index in [2.05, 4.69) is 87.5 Å². The zero-order chi connectivity index (χ0) is 22.9. The highest BCUT2D eigenvalue weighted by Crippen LogP contribution is 2.15. The Hall–Kier alpha value is -3.12. The summed E-state index contributed by atoms with van der Waals surface area (Å²) in [7, 11) is 0. The lowest BCUT2D eigenvalue weighted by Crippen LogP contribution is -2.48. The molecule has 0 aliphatic carbocycles. The van der Waals surface area contributed by atoms with E-state index in [4.69, 9.17) is 4.99 Å². The van der Waals surface area contributed by atoms with Gasteiger partial charge in [-0.15, -0.1) is 0 Å². The number of nitrogens with one attached hydrogen (secondary N) is 2. The van der Waals surface area contributed by atoms with Crippen LogP contribution in [0.3, 0.4) is 0 Å². The molecule has 0 spiro atoms. The predicted molar refractivity (Wildman–Crippen MR) is 135 cm³/mol. The summed E-state index contributed by atoms with van der Waals surface area (Å²) in [5, 5.41) is 7.06. The number of aryl methyl sites for hydroxylation is 1. The van der Waals surface area contributed by atoms with Crippen molar-refractivity contribution < 1.29 is 0 Å². The van der Waals surface area contributed by atoms with Gasteiger partial charge < -0.3 is 15.2 Å². The second-order valence-electron chi connectivity index (χ2n) is 8.84. The van der Waals surface area contributed by atoms with E-state index >= 15 is 0 Å². The second-order valence-corrected chi connectivity index (χ2v) is 8.84. The van der Waals surface area contributed by atoms with Crippen LogP contribution in [0.15, 0.2) is 72.0 Å². The first-order valence-corrected chi connectivity index (χ1v) is 12.1. The van der Waals surface area contributed by atoms with Crippen molar-refractivity contribution in [2.45, 2.75) is 52.4 Å². The molecule has 0 atom stereocenters. The Kier molecular flexibility index (Phi) is 8.14. The highest BCUT2D eigenvalue weighted by atomic mass is 15.2. The fraction of sp³-hybridized carbons (Fsp3) is 0.407. The summed E-state index contributed by atoms with van der Waals surface area (Å²) in [5.74, 6) is 1.85. The van der Waals surface area contributed by atoms with E-state index in [1.54, 1.807) is 0 Å². The number of benzene rings is 2. The fourth-order valence-electron chi connectivity index (χ4n) is 4.38. The quantitative estimate of drug-likeness (QED) is 0.408. The van der Waals surface area contributed by atoms with Crippen LogP contribution in [-0.2, 0) is 19.6 Å². The number of piperidine rings is 1. The van der Waals surface area contributed by atoms with Gasteiger partial charge in [-0.1, -0.05) is 60.2 Å². The lowest BCUT2D eigenvalue weighted by atomic mass is 10.0. The maximum Gasteiger partial charge on any atom is 0.191 e. The van der Waals surface area contributed by atoms with Gasteiger partial charge in [-0.3, -0.25) is 4.90 Å². The normalized spacial score (nSPS) is 15.5. The molecular weight excluding hydrogens is 408 g/mol. The Labute approximate surface area is 197 Å². The second kappa shape index (κ2) is 11.7. The minimum absolute atomic E-state index is 0.445. The van der Waals surface area contributed by atoms with Gasteiger partial charge in [0.05, 0.1) is 0 Å². The van der Waals surface area contributed by atoms with Gasteiger partial charge in [-0.2, -0.15) is 0 Å². The van der Waals surface area contributed by atoms with Crippen LogP contribution in [0, 0.1) is 6.92 Å². The molecule has 1 aliphatic heterocycles. The van der Waals surface area contributed by atoms with Crippen molar-refractivity contribution in [1.29, 1.82) is 0 Å². The van der Waals surface area contributed by atoms with Crippen LogP contribution in [0.4, 0.5) is 0 Å². The van der Waals surface area contributed by atoms with Gasteiger partial charge in [0.1, 0.15) is 12.4 Å². The molecule has 4 rings (SSSR count). The summed E-state index contributed by atoms with van der Waals surface area (Å²) in [5.41, 5.74) is 4.01. The maximum atomic E-state index is 4.85. The first-order valence-electron chi connectivity index (χ1n) is 12.1. The standard InChI is InChI=1S/C27H36N6/c1-3-28-27(30-19-26-29-14-17-33(26)21-23-9-5-4-6-10-23)31-25-12-15-32(16-13-25)20-24-11-7-8-22(2)18-24/h4-11,14,17-18,25H,3,12-13,15-16,19-21H2,1-2H3,(H2,28,30,31). The van der Waals surface area contributed by atoms with Crippen LogP contribution in [0.5, 0.6) is 0 Å². The van der Waals surface area contributed by atoms with Crippen LogP contribution in [0.1, 0.15) is 42.3 Å². The third-order valence-corrected chi connectivity index (χ3v) is 6.14. The lowest BCUT2D eigenvalue weighted by Gasteiger charge is -2.33. The van der Waals surface area contributed by atoms with E-state index in [1.807, 2.05) is 18.5 Å². The number of aliphatic imine (C=N–C) groups is 1. The van der Waals surface area contributed by atoms with Gasteiger partial charge in [0, 0.05) is 51.2 Å². The lowest BCUT2D eigenvalue weighted by molar-refractivity contribution is 0.198. The summed E-state index contributed by atoms with van der Waals surface area (Å²) >= 11 is 0. The van der Waals surface area contributed by atoms with Crippen LogP contribution in [0.2, 0.25) is 0 Å². The van der Waals surface area contributed by atoms with Crippen LogP contribution < -0.4 is 10.6 Å². The first kappa shape index (κ1) is 23.1. The first-order chi connectivity index (χ1) is 16.2. The van der Waals surface area contributed by atoms with E-state index in [-0.39, 0.29) is 0 Å². The van der Waals surface area contributed by atoms with Crippen molar-refractivity contribution in [3.05, 3.63) is 89.5 Å². The minimum atomic E-state index is 0.445. The zero-order valence-corrected chi connectivity index (χ0v) is 19.9. The number of nitrogens with zero attached hydrogens (tertiary/aromatic N) is 4. The Morgan fingerprint density at radius 2 is 1.82 bits per heavy atom. The Bertz CT molecular complexity index is 1020. The summed E-state index contributed by atoms with van der Waals surface area (Å²) in [6, 6.07) is 19.8. The van der Waals surface area contributed by atoms with Gasteiger partial charge in [0.15, 0.2) is 5.96 Å². The highest BCUT2D eigenvalue weighted by molar-refractivity contribution is 5.80. The molecule has 1 aliphatic rings. The minimum Gasteiger partial charge on any atom is -0.357 e. The summed E-state index contributed by atoms with van der Waals surface area (Å²) < 4.78 is 2.17. The number of hydrogen-bond acceptors (Lipinski definition) is 3. The van der Waals surface area contributed by atoms with Crippen LogP contribution >= 0.6 is 0 Å². The molecule has 0 unspecified atom stereocenters. The largest absolute Gasteiger partial charge is 0.357 e. The molecule has 0 radical (unpaired) electrons. The van der Waals surface area contributed by atoms with Crippen molar-refractivity contribution in [2.24, 2.45) is 4.99 Å². The summed E-state index contributed by atoms with van der Waals surface area (Å²) in [6.07, 6.45) is 6.14. The number of aromatic nitrogens is 2. The smallest absolute Gasteiger partial charge is 0.191 e. The summed E-state index contributed by atoms with van der Waals surface area (Å²) in [6.45, 7) is 9.73. The average Bonchev–Trinajstić information content (AvgIpc) is 3.26. The molecule has 0 bridgehead atoms. The molecule has 1 aromatic heterocycles. The SMILES string of the molecule is CCNC(=NCc1nccn1Cc1ccccc1)NC1CCN(Cc2cccc(C)c2)CC1. The molecule has 6 heteroatoms. The molecule has 0 amide bonds. The van der Waals surface area contributed by atoms with Gasteiger partial charge >= 0.3 is 0 Å². The zero-order valence-electron chi connectivity index (χ0n) is 19.9. The molecule has 3 aromatic rings. The Morgan fingerprint density at radius 1 is 1.03 bits per heavy atom. The van der Waals surface area contributed by atoms with Gasteiger partial charge in [0.2, 0.25) is 0 Å². The van der Waals surface area contributed by atoms with Crippen molar-refractivity contribution in [1.82, 2.24) is 25.1 Å². The number of guanidine groups is 1. The molecular formula is C27H36N6. The Balaban J connectivity index is 1.30. The van der Waals surface area contributed by atoms with E-state index in [0.29, 0.717) is 12.6 Å². The number of rotatable bonds is 8. The summed E-state index contributed by atoms with van der Waals surface area (Å²) in [4.78, 5) is 11.9. The number of hydrogen-bond donors (Lipinski definition) is 2. The molecule has 6 nitrogen and oxygen atoms in total. The van der Waals surface area contributed by atoms with Crippen LogP contribution in [-0.4, -0.2) is 46.1 Å². The number of imidazole rings is 1. The van der Waals surface area contributed by atoms with E-state index in [0.717, 1.165) is 57.3 Å². The Morgan fingerprint density at radius 3 is 2.58 bits per heavy atom. The van der Waals surface area contributed by atoms with Crippen molar-refractivity contribution in [3.63, 3.8) is 0 Å².